The fourth-order valence-corrected chi connectivity index (χ4v) is 1.62. The zero-order valence-electron chi connectivity index (χ0n) is 9.59. The molecule has 0 aliphatic heterocycles. The Bertz CT molecular complexity index is 357. The zero-order valence-corrected chi connectivity index (χ0v) is 9.59. The lowest BCUT2D eigenvalue weighted by molar-refractivity contribution is 0.129. The number of methoxy groups -OCH3 is 1. The second kappa shape index (κ2) is 5.37. The summed E-state index contributed by atoms with van der Waals surface area (Å²) in [5.74, 6) is -1.68. The third kappa shape index (κ3) is 3.25. The van der Waals surface area contributed by atoms with E-state index in [1.165, 1.54) is 6.07 Å². The molecular formula is C12H17F2NO. The predicted molar refractivity (Wildman–Crippen MR) is 59.1 cm³/mol. The van der Waals surface area contributed by atoms with Gasteiger partial charge in [0, 0.05) is 12.6 Å². The van der Waals surface area contributed by atoms with Crippen LogP contribution in [0.5, 0.6) is 0 Å². The molecular weight excluding hydrogens is 212 g/mol. The van der Waals surface area contributed by atoms with Gasteiger partial charge in [0.15, 0.2) is 11.6 Å². The molecule has 90 valence electrons. The number of ether oxygens (including phenoxy) is 1. The minimum atomic E-state index is -0.839. The van der Waals surface area contributed by atoms with E-state index in [2.05, 4.69) is 0 Å². The van der Waals surface area contributed by atoms with Crippen molar-refractivity contribution >= 4 is 0 Å². The molecule has 1 unspecified atom stereocenters. The van der Waals surface area contributed by atoms with Crippen LogP contribution in [0.1, 0.15) is 18.9 Å². The van der Waals surface area contributed by atoms with Crippen LogP contribution in [-0.2, 0) is 11.2 Å². The van der Waals surface area contributed by atoms with Gasteiger partial charge in [0.1, 0.15) is 0 Å². The zero-order chi connectivity index (χ0) is 12.2. The third-order valence-electron chi connectivity index (χ3n) is 2.68. The average molecular weight is 229 g/mol. The molecule has 4 heteroatoms. The molecule has 2 nitrogen and oxygen atoms in total. The van der Waals surface area contributed by atoms with Crippen LogP contribution in [-0.4, -0.2) is 19.3 Å². The highest BCUT2D eigenvalue weighted by Crippen LogP contribution is 2.17. The van der Waals surface area contributed by atoms with E-state index >= 15 is 0 Å². The fraction of sp³-hybridized carbons (Fsp3) is 0.500. The molecule has 1 aromatic carbocycles. The maximum Gasteiger partial charge on any atom is 0.159 e. The number of benzene rings is 1. The molecule has 0 bridgehead atoms. The van der Waals surface area contributed by atoms with Crippen molar-refractivity contribution in [1.29, 1.82) is 0 Å². The maximum absolute atomic E-state index is 13.0. The van der Waals surface area contributed by atoms with Crippen molar-refractivity contribution in [2.45, 2.75) is 25.3 Å². The Kier molecular flexibility index (Phi) is 4.38. The highest BCUT2D eigenvalue weighted by atomic mass is 19.2. The van der Waals surface area contributed by atoms with Gasteiger partial charge in [0.05, 0.1) is 6.61 Å². The van der Waals surface area contributed by atoms with Crippen LogP contribution in [0.15, 0.2) is 18.2 Å². The molecule has 0 radical (unpaired) electrons. The summed E-state index contributed by atoms with van der Waals surface area (Å²) in [5, 5.41) is 0. The monoisotopic (exact) mass is 229 g/mol. The van der Waals surface area contributed by atoms with Gasteiger partial charge < -0.3 is 10.5 Å². The lowest BCUT2D eigenvalue weighted by Gasteiger charge is -2.27. The van der Waals surface area contributed by atoms with Crippen LogP contribution >= 0.6 is 0 Å². The number of nitrogens with two attached hydrogens (primary N) is 1. The van der Waals surface area contributed by atoms with Crippen LogP contribution in [0.4, 0.5) is 8.78 Å². The molecule has 0 fully saturated rings. The normalized spacial score (nSPS) is 14.8. The molecule has 1 rings (SSSR count). The second-order valence-corrected chi connectivity index (χ2v) is 4.07. The number of halogens is 2. The Morgan fingerprint density at radius 3 is 2.50 bits per heavy atom. The molecule has 0 heterocycles. The summed E-state index contributed by atoms with van der Waals surface area (Å²) in [7, 11) is 1.57. The van der Waals surface area contributed by atoms with Gasteiger partial charge in [-0.15, -0.1) is 0 Å². The summed E-state index contributed by atoms with van der Waals surface area (Å²) in [6, 6.07) is 3.85. The molecule has 0 aromatic heterocycles. The van der Waals surface area contributed by atoms with Gasteiger partial charge in [-0.2, -0.15) is 0 Å². The largest absolute Gasteiger partial charge is 0.383 e. The maximum atomic E-state index is 13.0. The smallest absolute Gasteiger partial charge is 0.159 e. The van der Waals surface area contributed by atoms with E-state index in [0.29, 0.717) is 25.0 Å². The van der Waals surface area contributed by atoms with E-state index in [1.807, 2.05) is 6.92 Å². The Balaban J connectivity index is 2.81. The van der Waals surface area contributed by atoms with Gasteiger partial charge in [0.2, 0.25) is 0 Å². The summed E-state index contributed by atoms with van der Waals surface area (Å²) in [5.41, 5.74) is 6.24. The minimum absolute atomic E-state index is 0.391. The van der Waals surface area contributed by atoms with Crippen LogP contribution in [0.2, 0.25) is 0 Å². The lowest BCUT2D eigenvalue weighted by atomic mass is 9.90. The molecule has 0 spiro atoms. The standard InChI is InChI=1S/C12H17F2NO/c1-3-12(15,8-16-2)7-9-4-5-10(13)11(14)6-9/h4-6H,3,7-8,15H2,1-2H3. The summed E-state index contributed by atoms with van der Waals surface area (Å²) in [4.78, 5) is 0. The van der Waals surface area contributed by atoms with Crippen LogP contribution in [0, 0.1) is 11.6 Å². The van der Waals surface area contributed by atoms with Crippen molar-refractivity contribution in [3.63, 3.8) is 0 Å². The van der Waals surface area contributed by atoms with Crippen molar-refractivity contribution < 1.29 is 13.5 Å². The Hall–Kier alpha value is -1.00. The van der Waals surface area contributed by atoms with Gasteiger partial charge in [0.25, 0.3) is 0 Å². The second-order valence-electron chi connectivity index (χ2n) is 4.07. The first-order chi connectivity index (χ1) is 7.50. The van der Waals surface area contributed by atoms with Gasteiger partial charge in [-0.1, -0.05) is 13.0 Å². The lowest BCUT2D eigenvalue weighted by Crippen LogP contribution is -2.45. The molecule has 0 saturated carbocycles. The molecule has 0 aliphatic rings. The van der Waals surface area contributed by atoms with Crippen molar-refractivity contribution in [1.82, 2.24) is 0 Å². The minimum Gasteiger partial charge on any atom is -0.383 e. The average Bonchev–Trinajstić information content (AvgIpc) is 2.24. The highest BCUT2D eigenvalue weighted by Gasteiger charge is 2.23. The summed E-state index contributed by atoms with van der Waals surface area (Å²) in [6.07, 6.45) is 1.17. The summed E-state index contributed by atoms with van der Waals surface area (Å²) >= 11 is 0. The van der Waals surface area contributed by atoms with E-state index in [4.69, 9.17) is 10.5 Å². The van der Waals surface area contributed by atoms with E-state index < -0.39 is 17.2 Å². The molecule has 1 atom stereocenters. The first-order valence-electron chi connectivity index (χ1n) is 5.22. The molecule has 0 aliphatic carbocycles. The van der Waals surface area contributed by atoms with Crippen LogP contribution < -0.4 is 5.73 Å². The van der Waals surface area contributed by atoms with Gasteiger partial charge >= 0.3 is 0 Å². The Labute approximate surface area is 94.4 Å². The van der Waals surface area contributed by atoms with Crippen LogP contribution in [0.3, 0.4) is 0 Å². The summed E-state index contributed by atoms with van der Waals surface area (Å²) < 4.78 is 30.8. The van der Waals surface area contributed by atoms with Crippen molar-refractivity contribution in [3.05, 3.63) is 35.4 Å². The topological polar surface area (TPSA) is 35.2 Å². The fourth-order valence-electron chi connectivity index (χ4n) is 1.62. The molecule has 0 saturated heterocycles. The number of rotatable bonds is 5. The van der Waals surface area contributed by atoms with E-state index in [-0.39, 0.29) is 0 Å². The Morgan fingerprint density at radius 1 is 1.31 bits per heavy atom. The quantitative estimate of drug-likeness (QED) is 0.840. The van der Waals surface area contributed by atoms with Gasteiger partial charge in [-0.05, 0) is 30.5 Å². The van der Waals surface area contributed by atoms with Gasteiger partial charge in [-0.25, -0.2) is 8.78 Å². The molecule has 2 N–H and O–H groups in total. The van der Waals surface area contributed by atoms with Crippen molar-refractivity contribution in [2.75, 3.05) is 13.7 Å². The van der Waals surface area contributed by atoms with Gasteiger partial charge in [-0.3, -0.25) is 0 Å². The van der Waals surface area contributed by atoms with Crippen molar-refractivity contribution in [2.24, 2.45) is 5.73 Å². The van der Waals surface area contributed by atoms with E-state index in [0.717, 1.165) is 6.07 Å². The van der Waals surface area contributed by atoms with Crippen molar-refractivity contribution in [3.8, 4) is 0 Å². The third-order valence-corrected chi connectivity index (χ3v) is 2.68. The Morgan fingerprint density at radius 2 is 2.00 bits per heavy atom. The van der Waals surface area contributed by atoms with E-state index in [9.17, 15) is 8.78 Å². The van der Waals surface area contributed by atoms with E-state index in [1.54, 1.807) is 13.2 Å². The molecule has 1 aromatic rings. The molecule has 0 amide bonds. The SMILES string of the molecule is CCC(N)(COC)Cc1ccc(F)c(F)c1. The first-order valence-corrected chi connectivity index (χ1v) is 5.22. The number of hydrogen-bond acceptors (Lipinski definition) is 2. The highest BCUT2D eigenvalue weighted by molar-refractivity contribution is 5.20. The first kappa shape index (κ1) is 13.1. The van der Waals surface area contributed by atoms with Crippen LogP contribution in [0.25, 0.3) is 0 Å². The predicted octanol–water partition coefficient (Wildman–Crippen LogP) is 2.26. The summed E-state index contributed by atoms with van der Waals surface area (Å²) in [6.45, 7) is 2.33. The molecule has 16 heavy (non-hydrogen) atoms. The number of hydrogen-bond donors (Lipinski definition) is 1.